The Bertz CT molecular complexity index is 496. The number of hydrogen-bond donors (Lipinski definition) is 1. The Kier molecular flexibility index (Phi) is 3.00. The van der Waals surface area contributed by atoms with Crippen LogP contribution in [0.3, 0.4) is 0 Å². The van der Waals surface area contributed by atoms with E-state index in [1.165, 1.54) is 15.6 Å². The molecule has 0 aliphatic carbocycles. The fourth-order valence-corrected chi connectivity index (χ4v) is 2.44. The van der Waals surface area contributed by atoms with Gasteiger partial charge in [-0.05, 0) is 29.3 Å². The minimum absolute atomic E-state index is 0.0938. The van der Waals surface area contributed by atoms with Gasteiger partial charge in [-0.1, -0.05) is 18.2 Å². The first-order chi connectivity index (χ1) is 7.31. The molecule has 3 heteroatoms. The summed E-state index contributed by atoms with van der Waals surface area (Å²) < 4.78 is 1.30. The van der Waals surface area contributed by atoms with Crippen LogP contribution in [0.5, 0.6) is 0 Å². The van der Waals surface area contributed by atoms with Gasteiger partial charge >= 0.3 is 0 Å². The van der Waals surface area contributed by atoms with E-state index >= 15 is 0 Å². The molecule has 1 heterocycles. The Morgan fingerprint density at radius 3 is 3.07 bits per heavy atom. The Morgan fingerprint density at radius 2 is 2.27 bits per heavy atom. The van der Waals surface area contributed by atoms with E-state index in [1.54, 1.807) is 11.3 Å². The van der Waals surface area contributed by atoms with Crippen molar-refractivity contribution >= 4 is 21.4 Å². The van der Waals surface area contributed by atoms with Gasteiger partial charge in [-0.2, -0.15) is 5.26 Å². The zero-order valence-electron chi connectivity index (χ0n) is 8.53. The number of nitrogens with zero attached hydrogens (tertiary/aromatic N) is 1. The number of nitrogens with one attached hydrogen (secondary N) is 1. The summed E-state index contributed by atoms with van der Waals surface area (Å²) in [6.07, 6.45) is 0. The van der Waals surface area contributed by atoms with E-state index < -0.39 is 0 Å². The van der Waals surface area contributed by atoms with Crippen LogP contribution in [-0.2, 0) is 6.54 Å². The molecule has 0 bridgehead atoms. The molecule has 1 aromatic carbocycles. The molecule has 0 aliphatic rings. The molecule has 1 aromatic heterocycles. The van der Waals surface area contributed by atoms with Gasteiger partial charge in [-0.3, -0.25) is 5.32 Å². The topological polar surface area (TPSA) is 35.8 Å². The maximum Gasteiger partial charge on any atom is 0.0927 e. The zero-order chi connectivity index (χ0) is 10.7. The monoisotopic (exact) mass is 216 g/mol. The third kappa shape index (κ3) is 2.17. The maximum absolute atomic E-state index is 8.67. The molecule has 2 rings (SSSR count). The fourth-order valence-electron chi connectivity index (χ4n) is 1.48. The van der Waals surface area contributed by atoms with Crippen LogP contribution in [0.15, 0.2) is 29.6 Å². The molecular formula is C12H12N2S. The van der Waals surface area contributed by atoms with E-state index in [9.17, 15) is 0 Å². The highest BCUT2D eigenvalue weighted by Crippen LogP contribution is 2.25. The highest BCUT2D eigenvalue weighted by molar-refractivity contribution is 7.17. The molecule has 0 spiro atoms. The van der Waals surface area contributed by atoms with Crippen molar-refractivity contribution in [3.8, 4) is 6.07 Å². The number of hydrogen-bond acceptors (Lipinski definition) is 3. The van der Waals surface area contributed by atoms with Crippen molar-refractivity contribution < 1.29 is 0 Å². The normalized spacial score (nSPS) is 12.5. The van der Waals surface area contributed by atoms with Crippen LogP contribution in [0.25, 0.3) is 10.1 Å². The summed E-state index contributed by atoms with van der Waals surface area (Å²) in [5.41, 5.74) is 1.28. The van der Waals surface area contributed by atoms with Crippen molar-refractivity contribution in [3.05, 3.63) is 35.2 Å². The summed E-state index contributed by atoms with van der Waals surface area (Å²) in [5.74, 6) is 0. The molecule has 2 aromatic rings. The van der Waals surface area contributed by atoms with E-state index in [-0.39, 0.29) is 6.04 Å². The molecule has 15 heavy (non-hydrogen) atoms. The van der Waals surface area contributed by atoms with Crippen LogP contribution in [0, 0.1) is 11.3 Å². The lowest BCUT2D eigenvalue weighted by Gasteiger charge is -2.04. The Morgan fingerprint density at radius 1 is 1.47 bits per heavy atom. The first-order valence-electron chi connectivity index (χ1n) is 4.89. The first-order valence-corrected chi connectivity index (χ1v) is 5.77. The Hall–Kier alpha value is -1.37. The number of rotatable bonds is 3. The summed E-state index contributed by atoms with van der Waals surface area (Å²) >= 11 is 1.75. The molecular weight excluding hydrogens is 204 g/mol. The largest absolute Gasteiger partial charge is 0.298 e. The SMILES string of the molecule is CC(C#N)NCc1csc2ccccc12. The van der Waals surface area contributed by atoms with Crippen molar-refractivity contribution in [3.63, 3.8) is 0 Å². The van der Waals surface area contributed by atoms with Crippen molar-refractivity contribution in [1.82, 2.24) is 5.32 Å². The Balaban J connectivity index is 2.19. The van der Waals surface area contributed by atoms with Gasteiger partial charge in [0.2, 0.25) is 0 Å². The van der Waals surface area contributed by atoms with Crippen LogP contribution >= 0.6 is 11.3 Å². The summed E-state index contributed by atoms with van der Waals surface area (Å²) in [6, 6.07) is 10.4. The molecule has 0 fully saturated rings. The quantitative estimate of drug-likeness (QED) is 0.856. The first kappa shape index (κ1) is 10.2. The van der Waals surface area contributed by atoms with Crippen LogP contribution in [0.2, 0.25) is 0 Å². The number of fused-ring (bicyclic) bond motifs is 1. The lowest BCUT2D eigenvalue weighted by Crippen LogP contribution is -2.23. The van der Waals surface area contributed by atoms with Crippen molar-refractivity contribution in [2.24, 2.45) is 0 Å². The standard InChI is InChI=1S/C12H12N2S/c1-9(6-13)14-7-10-8-15-12-5-3-2-4-11(10)12/h2-5,8-9,14H,7H2,1H3. The van der Waals surface area contributed by atoms with E-state index in [1.807, 2.05) is 19.1 Å². The molecule has 1 atom stereocenters. The predicted molar refractivity (Wildman–Crippen MR) is 63.7 cm³/mol. The second kappa shape index (κ2) is 4.43. The third-order valence-electron chi connectivity index (χ3n) is 2.35. The fraction of sp³-hybridized carbons (Fsp3) is 0.250. The van der Waals surface area contributed by atoms with Crippen molar-refractivity contribution in [2.75, 3.05) is 0 Å². The predicted octanol–water partition coefficient (Wildman–Crippen LogP) is 2.90. The molecule has 2 nitrogen and oxygen atoms in total. The molecule has 1 N–H and O–H groups in total. The minimum atomic E-state index is -0.0938. The average molecular weight is 216 g/mol. The van der Waals surface area contributed by atoms with Gasteiger partial charge in [0.25, 0.3) is 0 Å². The number of benzene rings is 1. The van der Waals surface area contributed by atoms with Crippen LogP contribution in [0.4, 0.5) is 0 Å². The van der Waals surface area contributed by atoms with Gasteiger partial charge < -0.3 is 0 Å². The van der Waals surface area contributed by atoms with Crippen LogP contribution in [-0.4, -0.2) is 6.04 Å². The van der Waals surface area contributed by atoms with Gasteiger partial charge in [-0.25, -0.2) is 0 Å². The highest BCUT2D eigenvalue weighted by atomic mass is 32.1. The number of thiophene rings is 1. The number of nitriles is 1. The lowest BCUT2D eigenvalue weighted by molar-refractivity contribution is 0.645. The van der Waals surface area contributed by atoms with E-state index in [0.29, 0.717) is 0 Å². The summed E-state index contributed by atoms with van der Waals surface area (Å²) in [5, 5.41) is 15.3. The van der Waals surface area contributed by atoms with Gasteiger partial charge in [0.05, 0.1) is 12.1 Å². The molecule has 0 saturated heterocycles. The molecule has 1 unspecified atom stereocenters. The minimum Gasteiger partial charge on any atom is -0.298 e. The van der Waals surface area contributed by atoms with Gasteiger partial charge in [0.1, 0.15) is 0 Å². The average Bonchev–Trinajstić information content (AvgIpc) is 2.69. The van der Waals surface area contributed by atoms with E-state index in [4.69, 9.17) is 5.26 Å². The second-order valence-corrected chi connectivity index (χ2v) is 4.40. The Labute approximate surface area is 93.2 Å². The smallest absolute Gasteiger partial charge is 0.0927 e. The van der Waals surface area contributed by atoms with Gasteiger partial charge in [0, 0.05) is 11.2 Å². The molecule has 0 amide bonds. The summed E-state index contributed by atoms with van der Waals surface area (Å²) in [6.45, 7) is 2.63. The highest BCUT2D eigenvalue weighted by Gasteiger charge is 2.04. The maximum atomic E-state index is 8.67. The van der Waals surface area contributed by atoms with Crippen molar-refractivity contribution in [1.29, 1.82) is 5.26 Å². The third-order valence-corrected chi connectivity index (χ3v) is 3.37. The van der Waals surface area contributed by atoms with E-state index in [0.717, 1.165) is 6.54 Å². The molecule has 0 aliphatic heterocycles. The van der Waals surface area contributed by atoms with Gasteiger partial charge in [0.15, 0.2) is 0 Å². The van der Waals surface area contributed by atoms with E-state index in [2.05, 4.69) is 28.9 Å². The molecule has 0 saturated carbocycles. The zero-order valence-corrected chi connectivity index (χ0v) is 9.34. The van der Waals surface area contributed by atoms with Gasteiger partial charge in [-0.15, -0.1) is 11.3 Å². The summed E-state index contributed by atoms with van der Waals surface area (Å²) in [4.78, 5) is 0. The van der Waals surface area contributed by atoms with Crippen molar-refractivity contribution in [2.45, 2.75) is 19.5 Å². The van der Waals surface area contributed by atoms with Crippen LogP contribution < -0.4 is 5.32 Å². The molecule has 0 radical (unpaired) electrons. The van der Waals surface area contributed by atoms with Crippen LogP contribution in [0.1, 0.15) is 12.5 Å². The second-order valence-electron chi connectivity index (χ2n) is 3.49. The summed E-state index contributed by atoms with van der Waals surface area (Å²) in [7, 11) is 0. The lowest BCUT2D eigenvalue weighted by atomic mass is 10.2. The molecule has 76 valence electrons.